The molecule has 3 rings (SSSR count). The lowest BCUT2D eigenvalue weighted by Gasteiger charge is -2.48. The summed E-state index contributed by atoms with van der Waals surface area (Å²) in [6.45, 7) is 0. The first-order valence-corrected chi connectivity index (χ1v) is 9.33. The molecule has 134 valence electrons. The SMILES string of the molecule is NC1C(=O)N2C(C(=O)O)=C(CSc3[nH]nnc3CCC(=O)O)CS[C@H]12. The molecule has 3 heterocycles. The maximum atomic E-state index is 11.9. The van der Waals surface area contributed by atoms with Crippen molar-refractivity contribution in [3.05, 3.63) is 17.0 Å². The minimum absolute atomic E-state index is 0.0116. The van der Waals surface area contributed by atoms with Crippen LogP contribution in [0.2, 0.25) is 0 Å². The van der Waals surface area contributed by atoms with Crippen LogP contribution >= 0.6 is 23.5 Å². The summed E-state index contributed by atoms with van der Waals surface area (Å²) in [6, 6.07) is -0.659. The van der Waals surface area contributed by atoms with Gasteiger partial charge in [-0.15, -0.1) is 28.6 Å². The number of carboxylic acids is 2. The Morgan fingerprint density at radius 2 is 2.20 bits per heavy atom. The van der Waals surface area contributed by atoms with Crippen molar-refractivity contribution in [2.75, 3.05) is 11.5 Å². The van der Waals surface area contributed by atoms with Gasteiger partial charge in [-0.1, -0.05) is 5.21 Å². The zero-order valence-electron chi connectivity index (χ0n) is 12.8. The van der Waals surface area contributed by atoms with E-state index in [1.165, 1.54) is 28.4 Å². The van der Waals surface area contributed by atoms with Crippen LogP contribution < -0.4 is 5.73 Å². The van der Waals surface area contributed by atoms with Gasteiger partial charge in [0.05, 0.1) is 12.1 Å². The van der Waals surface area contributed by atoms with Gasteiger partial charge in [-0.3, -0.25) is 19.6 Å². The molecule has 10 nitrogen and oxygen atoms in total. The third-order valence-corrected chi connectivity index (χ3v) is 6.31. The average Bonchev–Trinajstić information content (AvgIpc) is 3.03. The van der Waals surface area contributed by atoms with Crippen LogP contribution in [0.3, 0.4) is 0 Å². The van der Waals surface area contributed by atoms with Gasteiger partial charge < -0.3 is 15.9 Å². The van der Waals surface area contributed by atoms with Gasteiger partial charge in [-0.05, 0) is 5.57 Å². The summed E-state index contributed by atoms with van der Waals surface area (Å²) >= 11 is 2.72. The Morgan fingerprint density at radius 1 is 1.44 bits per heavy atom. The fourth-order valence-corrected chi connectivity index (χ4v) is 4.99. The Morgan fingerprint density at radius 3 is 2.88 bits per heavy atom. The van der Waals surface area contributed by atoms with Crippen LogP contribution in [0.25, 0.3) is 0 Å². The Labute approximate surface area is 150 Å². The molecule has 1 saturated heterocycles. The number of aliphatic carboxylic acids is 2. The fourth-order valence-electron chi connectivity index (χ4n) is 2.60. The second-order valence-corrected chi connectivity index (χ2v) is 7.55. The predicted octanol–water partition coefficient (Wildman–Crippen LogP) is -0.505. The zero-order chi connectivity index (χ0) is 18.1. The van der Waals surface area contributed by atoms with Crippen LogP contribution in [0.15, 0.2) is 16.3 Å². The Hall–Kier alpha value is -2.05. The molecule has 0 spiro atoms. The molecule has 2 aliphatic rings. The number of aromatic nitrogens is 3. The van der Waals surface area contributed by atoms with Crippen molar-refractivity contribution in [1.82, 2.24) is 20.3 Å². The summed E-state index contributed by atoms with van der Waals surface area (Å²) in [5.74, 6) is -1.69. The maximum absolute atomic E-state index is 11.9. The summed E-state index contributed by atoms with van der Waals surface area (Å²) in [5.41, 5.74) is 6.83. The summed E-state index contributed by atoms with van der Waals surface area (Å²) in [5, 5.41) is 28.7. The van der Waals surface area contributed by atoms with E-state index in [4.69, 9.17) is 10.8 Å². The lowest BCUT2D eigenvalue weighted by atomic mass is 10.0. The van der Waals surface area contributed by atoms with E-state index < -0.39 is 18.0 Å². The van der Waals surface area contributed by atoms with Gasteiger partial charge in [0.15, 0.2) is 0 Å². The smallest absolute Gasteiger partial charge is 0.352 e. The summed E-state index contributed by atoms with van der Waals surface area (Å²) in [7, 11) is 0. The van der Waals surface area contributed by atoms with Gasteiger partial charge in [0.25, 0.3) is 0 Å². The number of aryl methyl sites for hydroxylation is 1. The van der Waals surface area contributed by atoms with E-state index in [-0.39, 0.29) is 29.8 Å². The van der Waals surface area contributed by atoms with Crippen molar-refractivity contribution in [3.8, 4) is 0 Å². The number of carboxylic acid groups (broad SMARTS) is 2. The predicted molar refractivity (Wildman–Crippen MR) is 88.8 cm³/mol. The molecule has 1 amide bonds. The van der Waals surface area contributed by atoms with Crippen molar-refractivity contribution in [2.45, 2.75) is 29.3 Å². The molecule has 2 atom stereocenters. The first-order valence-electron chi connectivity index (χ1n) is 7.30. The molecule has 1 aromatic heterocycles. The Balaban J connectivity index is 1.74. The molecular formula is C13H15N5O5S2. The Bertz CT molecular complexity index is 764. The first-order chi connectivity index (χ1) is 11.9. The van der Waals surface area contributed by atoms with Gasteiger partial charge in [-0.2, -0.15) is 0 Å². The number of nitrogens with two attached hydrogens (primary N) is 1. The number of hydrogen-bond donors (Lipinski definition) is 4. The maximum Gasteiger partial charge on any atom is 0.352 e. The van der Waals surface area contributed by atoms with Crippen molar-refractivity contribution in [1.29, 1.82) is 0 Å². The van der Waals surface area contributed by atoms with E-state index in [1.807, 2.05) is 0 Å². The molecular weight excluding hydrogens is 370 g/mol. The van der Waals surface area contributed by atoms with Gasteiger partial charge in [0, 0.05) is 17.9 Å². The van der Waals surface area contributed by atoms with Crippen LogP contribution in [-0.4, -0.2) is 71.3 Å². The first kappa shape index (κ1) is 17.8. The molecule has 25 heavy (non-hydrogen) atoms. The third kappa shape index (κ3) is 3.37. The van der Waals surface area contributed by atoms with E-state index in [2.05, 4.69) is 15.4 Å². The summed E-state index contributed by atoms with van der Waals surface area (Å²) in [4.78, 5) is 35.4. The molecule has 0 bridgehead atoms. The number of thioether (sulfide) groups is 2. The number of carbonyl (C=O) groups is 3. The Kier molecular flexibility index (Phi) is 5.01. The minimum atomic E-state index is -1.16. The zero-order valence-corrected chi connectivity index (χ0v) is 14.5. The molecule has 2 aliphatic heterocycles. The highest BCUT2D eigenvalue weighted by Gasteiger charge is 2.51. The van der Waals surface area contributed by atoms with E-state index in [9.17, 15) is 19.5 Å². The monoisotopic (exact) mass is 385 g/mol. The fraction of sp³-hybridized carbons (Fsp3) is 0.462. The number of amides is 1. The number of hydrogen-bond acceptors (Lipinski definition) is 8. The molecule has 0 aliphatic carbocycles. The van der Waals surface area contributed by atoms with Crippen LogP contribution in [0.4, 0.5) is 0 Å². The number of carbonyl (C=O) groups excluding carboxylic acids is 1. The van der Waals surface area contributed by atoms with Gasteiger partial charge >= 0.3 is 11.9 Å². The van der Waals surface area contributed by atoms with Gasteiger partial charge in [0.2, 0.25) is 5.91 Å². The standard InChI is InChI=1S/C13H15N5O5S2/c14-8-11(21)18-9(13(22)23)5(4-25-12(8)18)3-24-10-6(15-17-16-10)1-2-7(19)20/h8,12H,1-4,14H2,(H,19,20)(H,22,23)(H,15,16,17)/t8?,12-/m1/s1. The topological polar surface area (TPSA) is 162 Å². The van der Waals surface area contributed by atoms with E-state index in [1.54, 1.807) is 0 Å². The largest absolute Gasteiger partial charge is 0.481 e. The van der Waals surface area contributed by atoms with Crippen molar-refractivity contribution >= 4 is 41.4 Å². The van der Waals surface area contributed by atoms with Crippen LogP contribution in [-0.2, 0) is 20.8 Å². The number of fused-ring (bicyclic) bond motifs is 1. The lowest BCUT2D eigenvalue weighted by molar-refractivity contribution is -0.147. The number of aromatic amines is 1. The highest BCUT2D eigenvalue weighted by Crippen LogP contribution is 2.40. The molecule has 0 aromatic carbocycles. The van der Waals surface area contributed by atoms with Gasteiger partial charge in [-0.25, -0.2) is 4.79 Å². The van der Waals surface area contributed by atoms with Crippen molar-refractivity contribution in [3.63, 3.8) is 0 Å². The van der Waals surface area contributed by atoms with E-state index in [0.717, 1.165) is 0 Å². The van der Waals surface area contributed by atoms with Crippen molar-refractivity contribution in [2.24, 2.45) is 5.73 Å². The van der Waals surface area contributed by atoms with Crippen molar-refractivity contribution < 1.29 is 24.6 Å². The van der Waals surface area contributed by atoms with Gasteiger partial charge in [0.1, 0.15) is 22.1 Å². The second-order valence-electron chi connectivity index (χ2n) is 5.46. The molecule has 12 heteroatoms. The molecule has 1 fully saturated rings. The van der Waals surface area contributed by atoms with E-state index in [0.29, 0.717) is 27.8 Å². The summed E-state index contributed by atoms with van der Waals surface area (Å²) < 4.78 is 0. The van der Waals surface area contributed by atoms with Crippen LogP contribution in [0.1, 0.15) is 12.1 Å². The number of rotatable bonds is 7. The number of nitrogens with zero attached hydrogens (tertiary/aromatic N) is 3. The average molecular weight is 385 g/mol. The lowest BCUT2D eigenvalue weighted by Crippen LogP contribution is -2.68. The number of H-pyrrole nitrogens is 1. The number of β-lactam (4-membered cyclic amide) rings is 1. The molecule has 1 aromatic rings. The highest BCUT2D eigenvalue weighted by molar-refractivity contribution is 8.01. The van der Waals surface area contributed by atoms with E-state index >= 15 is 0 Å². The van der Waals surface area contributed by atoms with Crippen LogP contribution in [0, 0.1) is 0 Å². The summed E-state index contributed by atoms with van der Waals surface area (Å²) in [6.07, 6.45) is 0.163. The third-order valence-electron chi connectivity index (χ3n) is 3.84. The molecule has 0 radical (unpaired) electrons. The molecule has 0 saturated carbocycles. The molecule has 5 N–H and O–H groups in total. The minimum Gasteiger partial charge on any atom is -0.481 e. The molecule has 1 unspecified atom stereocenters. The number of nitrogens with one attached hydrogen (secondary N) is 1. The second kappa shape index (κ2) is 7.06. The van der Waals surface area contributed by atoms with Crippen LogP contribution in [0.5, 0.6) is 0 Å². The quantitative estimate of drug-likeness (QED) is 0.355. The normalized spacial score (nSPS) is 22.6. The highest BCUT2D eigenvalue weighted by atomic mass is 32.2.